The summed E-state index contributed by atoms with van der Waals surface area (Å²) in [4.78, 5) is 20.1. The van der Waals surface area contributed by atoms with Gasteiger partial charge in [-0.25, -0.2) is 9.97 Å². The highest BCUT2D eigenvalue weighted by Crippen LogP contribution is 2.13. The molecule has 1 amide bonds. The number of aromatic nitrogens is 2. The van der Waals surface area contributed by atoms with Gasteiger partial charge in [0, 0.05) is 30.4 Å². The maximum absolute atomic E-state index is 11.4. The normalized spacial score (nSPS) is 10.6. The van der Waals surface area contributed by atoms with Crippen LogP contribution in [0, 0.1) is 5.92 Å². The number of carbonyl (C=O) groups is 1. The average Bonchev–Trinajstić information content (AvgIpc) is 2.48. The fourth-order valence-electron chi connectivity index (χ4n) is 1.75. The quantitative estimate of drug-likeness (QED) is 0.907. The van der Waals surface area contributed by atoms with E-state index in [0.29, 0.717) is 6.54 Å². The molecular weight excluding hydrogens is 250 g/mol. The van der Waals surface area contributed by atoms with Crippen molar-refractivity contribution in [1.29, 1.82) is 0 Å². The van der Waals surface area contributed by atoms with E-state index >= 15 is 0 Å². The first-order valence-corrected chi connectivity index (χ1v) is 6.81. The van der Waals surface area contributed by atoms with E-state index in [1.165, 1.54) is 0 Å². The fraction of sp³-hybridized carbons (Fsp3) is 0.312. The van der Waals surface area contributed by atoms with Crippen LogP contribution in [0.1, 0.15) is 19.4 Å². The Bertz CT molecular complexity index is 550. The minimum atomic E-state index is 0.0201. The lowest BCUT2D eigenvalue weighted by Crippen LogP contribution is -2.29. The summed E-state index contributed by atoms with van der Waals surface area (Å²) in [5, 5.41) is 2.88. The molecule has 4 nitrogen and oxygen atoms in total. The topological polar surface area (TPSA) is 54.9 Å². The first kappa shape index (κ1) is 14.2. The van der Waals surface area contributed by atoms with Crippen LogP contribution in [0.5, 0.6) is 0 Å². The van der Waals surface area contributed by atoms with Crippen molar-refractivity contribution >= 4 is 5.91 Å². The zero-order valence-electron chi connectivity index (χ0n) is 11.8. The van der Waals surface area contributed by atoms with Gasteiger partial charge < -0.3 is 5.32 Å². The fourth-order valence-corrected chi connectivity index (χ4v) is 1.75. The van der Waals surface area contributed by atoms with E-state index < -0.39 is 0 Å². The van der Waals surface area contributed by atoms with E-state index in [-0.39, 0.29) is 11.8 Å². The molecule has 0 aliphatic carbocycles. The summed E-state index contributed by atoms with van der Waals surface area (Å²) in [6.45, 7) is 4.38. The van der Waals surface area contributed by atoms with Crippen molar-refractivity contribution in [3.63, 3.8) is 0 Å². The van der Waals surface area contributed by atoms with Crippen molar-refractivity contribution in [3.8, 4) is 11.4 Å². The molecule has 0 atom stereocenters. The molecule has 2 rings (SSSR count). The number of benzene rings is 1. The van der Waals surface area contributed by atoms with Gasteiger partial charge >= 0.3 is 0 Å². The van der Waals surface area contributed by atoms with Crippen LogP contribution in [0.15, 0.2) is 42.7 Å². The Hall–Kier alpha value is -2.23. The molecular formula is C16H19N3O. The van der Waals surface area contributed by atoms with E-state index in [2.05, 4.69) is 15.3 Å². The summed E-state index contributed by atoms with van der Waals surface area (Å²) in [5.41, 5.74) is 2.03. The van der Waals surface area contributed by atoms with Gasteiger partial charge in [-0.05, 0) is 12.0 Å². The van der Waals surface area contributed by atoms with Gasteiger partial charge in [-0.15, -0.1) is 0 Å². The molecule has 0 fully saturated rings. The van der Waals surface area contributed by atoms with Crippen LogP contribution < -0.4 is 5.32 Å². The van der Waals surface area contributed by atoms with Crippen LogP contribution >= 0.6 is 0 Å². The Balaban J connectivity index is 1.91. The SMILES string of the molecule is CC(C)C(=O)NCCc1cnc(-c2ccccc2)nc1. The monoisotopic (exact) mass is 269 g/mol. The molecule has 1 heterocycles. The van der Waals surface area contributed by atoms with E-state index in [1.807, 2.05) is 56.6 Å². The second kappa shape index (κ2) is 6.80. The Morgan fingerprint density at radius 3 is 2.40 bits per heavy atom. The Morgan fingerprint density at radius 1 is 1.15 bits per heavy atom. The average molecular weight is 269 g/mol. The zero-order chi connectivity index (χ0) is 14.4. The van der Waals surface area contributed by atoms with Gasteiger partial charge in [-0.1, -0.05) is 44.2 Å². The van der Waals surface area contributed by atoms with E-state index in [9.17, 15) is 4.79 Å². The molecule has 1 N–H and O–H groups in total. The standard InChI is InChI=1S/C16H19N3O/c1-12(2)16(20)17-9-8-13-10-18-15(19-11-13)14-6-4-3-5-7-14/h3-7,10-12H,8-9H2,1-2H3,(H,17,20). The maximum Gasteiger partial charge on any atom is 0.222 e. The number of amides is 1. The summed E-state index contributed by atoms with van der Waals surface area (Å²) < 4.78 is 0. The molecule has 4 heteroatoms. The predicted molar refractivity (Wildman–Crippen MR) is 79.0 cm³/mol. The number of hydrogen-bond acceptors (Lipinski definition) is 3. The Morgan fingerprint density at radius 2 is 1.80 bits per heavy atom. The molecule has 1 aromatic heterocycles. The summed E-state index contributed by atoms with van der Waals surface area (Å²) in [5.74, 6) is 0.819. The zero-order valence-corrected chi connectivity index (χ0v) is 11.8. The molecule has 0 bridgehead atoms. The second-order valence-electron chi connectivity index (χ2n) is 4.98. The largest absolute Gasteiger partial charge is 0.356 e. The molecule has 0 spiro atoms. The first-order valence-electron chi connectivity index (χ1n) is 6.81. The molecule has 20 heavy (non-hydrogen) atoms. The van der Waals surface area contributed by atoms with Gasteiger partial charge in [-0.2, -0.15) is 0 Å². The van der Waals surface area contributed by atoms with Gasteiger partial charge in [0.1, 0.15) is 0 Å². The molecule has 104 valence electrons. The van der Waals surface area contributed by atoms with Crippen molar-refractivity contribution in [1.82, 2.24) is 15.3 Å². The van der Waals surface area contributed by atoms with Crippen LogP contribution in [0.2, 0.25) is 0 Å². The number of nitrogens with zero attached hydrogens (tertiary/aromatic N) is 2. The smallest absolute Gasteiger partial charge is 0.222 e. The number of nitrogens with one attached hydrogen (secondary N) is 1. The maximum atomic E-state index is 11.4. The van der Waals surface area contributed by atoms with Crippen LogP contribution in [0.3, 0.4) is 0 Å². The predicted octanol–water partition coefficient (Wildman–Crippen LogP) is 2.46. The van der Waals surface area contributed by atoms with E-state index in [0.717, 1.165) is 23.4 Å². The van der Waals surface area contributed by atoms with Crippen LogP contribution in [-0.2, 0) is 11.2 Å². The highest BCUT2D eigenvalue weighted by atomic mass is 16.1. The van der Waals surface area contributed by atoms with Crippen molar-refractivity contribution in [3.05, 3.63) is 48.3 Å². The molecule has 0 radical (unpaired) electrons. The minimum absolute atomic E-state index is 0.0201. The second-order valence-corrected chi connectivity index (χ2v) is 4.98. The molecule has 0 unspecified atom stereocenters. The lowest BCUT2D eigenvalue weighted by Gasteiger charge is -2.07. The third kappa shape index (κ3) is 3.88. The van der Waals surface area contributed by atoms with E-state index in [4.69, 9.17) is 0 Å². The molecule has 2 aromatic rings. The van der Waals surface area contributed by atoms with Gasteiger partial charge in [0.05, 0.1) is 0 Å². The van der Waals surface area contributed by atoms with Crippen molar-refractivity contribution in [2.45, 2.75) is 20.3 Å². The number of carbonyl (C=O) groups excluding carboxylic acids is 1. The number of rotatable bonds is 5. The summed E-state index contributed by atoms with van der Waals surface area (Å²) >= 11 is 0. The lowest BCUT2D eigenvalue weighted by molar-refractivity contribution is -0.123. The van der Waals surface area contributed by atoms with Crippen molar-refractivity contribution < 1.29 is 4.79 Å². The Labute approximate surface area is 119 Å². The minimum Gasteiger partial charge on any atom is -0.356 e. The first-order chi connectivity index (χ1) is 9.66. The highest BCUT2D eigenvalue weighted by Gasteiger charge is 2.05. The number of hydrogen-bond donors (Lipinski definition) is 1. The summed E-state index contributed by atoms with van der Waals surface area (Å²) in [6, 6.07) is 9.87. The third-order valence-corrected chi connectivity index (χ3v) is 2.97. The van der Waals surface area contributed by atoms with Crippen LogP contribution in [0.25, 0.3) is 11.4 Å². The van der Waals surface area contributed by atoms with Gasteiger partial charge in [-0.3, -0.25) is 4.79 Å². The third-order valence-electron chi connectivity index (χ3n) is 2.97. The Kier molecular flexibility index (Phi) is 4.82. The van der Waals surface area contributed by atoms with Crippen LogP contribution in [0.4, 0.5) is 0 Å². The molecule has 0 saturated carbocycles. The van der Waals surface area contributed by atoms with Crippen molar-refractivity contribution in [2.75, 3.05) is 6.54 Å². The lowest BCUT2D eigenvalue weighted by atomic mass is 10.2. The van der Waals surface area contributed by atoms with Crippen molar-refractivity contribution in [2.24, 2.45) is 5.92 Å². The summed E-state index contributed by atoms with van der Waals surface area (Å²) in [7, 11) is 0. The molecule has 0 saturated heterocycles. The molecule has 1 aromatic carbocycles. The van der Waals surface area contributed by atoms with E-state index in [1.54, 1.807) is 0 Å². The van der Waals surface area contributed by atoms with Gasteiger partial charge in [0.25, 0.3) is 0 Å². The van der Waals surface area contributed by atoms with Gasteiger partial charge in [0.15, 0.2) is 5.82 Å². The molecule has 0 aliphatic heterocycles. The van der Waals surface area contributed by atoms with Crippen LogP contribution in [-0.4, -0.2) is 22.4 Å². The van der Waals surface area contributed by atoms with Gasteiger partial charge in [0.2, 0.25) is 5.91 Å². The highest BCUT2D eigenvalue weighted by molar-refractivity contribution is 5.77. The molecule has 0 aliphatic rings. The summed E-state index contributed by atoms with van der Waals surface area (Å²) in [6.07, 6.45) is 4.38.